The Morgan fingerprint density at radius 3 is 2.65 bits per heavy atom. The van der Waals surface area contributed by atoms with Crippen LogP contribution < -0.4 is 0 Å². The van der Waals surface area contributed by atoms with Crippen LogP contribution >= 0.6 is 0 Å². The van der Waals surface area contributed by atoms with Crippen LogP contribution in [0.5, 0.6) is 0 Å². The van der Waals surface area contributed by atoms with Gasteiger partial charge in [-0.3, -0.25) is 4.79 Å². The SMILES string of the molecule is Cn1c(C(=O)N2CCCC[C@H]2C(=O)O)ccc1[N+](=O)[O-]. The Morgan fingerprint density at radius 2 is 2.10 bits per heavy atom. The van der Waals surface area contributed by atoms with E-state index in [9.17, 15) is 19.7 Å². The third kappa shape index (κ3) is 2.36. The molecule has 0 aliphatic carbocycles. The Kier molecular flexibility index (Phi) is 3.73. The number of nitrogens with zero attached hydrogens (tertiary/aromatic N) is 3. The number of carbonyl (C=O) groups excluding carboxylic acids is 1. The van der Waals surface area contributed by atoms with Gasteiger partial charge in [-0.1, -0.05) is 0 Å². The molecule has 20 heavy (non-hydrogen) atoms. The summed E-state index contributed by atoms with van der Waals surface area (Å²) in [4.78, 5) is 35.1. The number of aromatic nitrogens is 1. The molecule has 1 aliphatic heterocycles. The number of carbonyl (C=O) groups is 2. The molecule has 1 saturated heterocycles. The van der Waals surface area contributed by atoms with Gasteiger partial charge in [0.1, 0.15) is 6.04 Å². The molecule has 1 aromatic heterocycles. The smallest absolute Gasteiger partial charge is 0.326 e. The van der Waals surface area contributed by atoms with Crippen LogP contribution in [0, 0.1) is 10.1 Å². The maximum Gasteiger partial charge on any atom is 0.326 e. The summed E-state index contributed by atoms with van der Waals surface area (Å²) in [5.41, 5.74) is 0.129. The van der Waals surface area contributed by atoms with Crippen LogP contribution in [0.15, 0.2) is 12.1 Å². The van der Waals surface area contributed by atoms with E-state index in [4.69, 9.17) is 5.11 Å². The van der Waals surface area contributed by atoms with E-state index in [1.807, 2.05) is 0 Å². The lowest BCUT2D eigenvalue weighted by atomic mass is 10.0. The molecule has 0 aromatic carbocycles. The highest BCUT2D eigenvalue weighted by molar-refractivity contribution is 5.96. The minimum absolute atomic E-state index is 0.129. The van der Waals surface area contributed by atoms with Gasteiger partial charge in [0.25, 0.3) is 5.91 Å². The van der Waals surface area contributed by atoms with Gasteiger partial charge in [-0.2, -0.15) is 0 Å². The fourth-order valence-corrected chi connectivity index (χ4v) is 2.48. The first-order chi connectivity index (χ1) is 9.43. The minimum atomic E-state index is -1.04. The Morgan fingerprint density at radius 1 is 1.40 bits per heavy atom. The summed E-state index contributed by atoms with van der Waals surface area (Å²) in [7, 11) is 1.42. The van der Waals surface area contributed by atoms with Gasteiger partial charge in [-0.15, -0.1) is 0 Å². The summed E-state index contributed by atoms with van der Waals surface area (Å²) in [6, 6.07) is 1.74. The van der Waals surface area contributed by atoms with Gasteiger partial charge in [0.05, 0.1) is 7.05 Å². The van der Waals surface area contributed by atoms with Crippen molar-refractivity contribution in [1.82, 2.24) is 9.47 Å². The van der Waals surface area contributed by atoms with Gasteiger partial charge < -0.3 is 20.1 Å². The molecule has 2 heterocycles. The van der Waals surface area contributed by atoms with Gasteiger partial charge in [0, 0.05) is 12.6 Å². The van der Waals surface area contributed by atoms with Gasteiger partial charge >= 0.3 is 11.8 Å². The van der Waals surface area contributed by atoms with Crippen molar-refractivity contribution < 1.29 is 19.6 Å². The lowest BCUT2D eigenvalue weighted by Crippen LogP contribution is -2.48. The molecule has 1 aliphatic rings. The number of piperidine rings is 1. The molecular weight excluding hydrogens is 266 g/mol. The molecule has 1 N–H and O–H groups in total. The number of carboxylic acid groups (broad SMARTS) is 1. The first kappa shape index (κ1) is 14.0. The van der Waals surface area contributed by atoms with Crippen molar-refractivity contribution in [2.75, 3.05) is 6.54 Å². The third-order valence-corrected chi connectivity index (χ3v) is 3.55. The molecule has 1 aromatic rings. The molecule has 0 bridgehead atoms. The van der Waals surface area contributed by atoms with Crippen LogP contribution in [0.2, 0.25) is 0 Å². The second-order valence-electron chi connectivity index (χ2n) is 4.74. The normalized spacial score (nSPS) is 18.9. The predicted molar refractivity (Wildman–Crippen MR) is 68.4 cm³/mol. The van der Waals surface area contributed by atoms with E-state index in [1.165, 1.54) is 28.6 Å². The van der Waals surface area contributed by atoms with Crippen molar-refractivity contribution >= 4 is 17.7 Å². The molecule has 8 heteroatoms. The van der Waals surface area contributed by atoms with E-state index in [0.29, 0.717) is 13.0 Å². The zero-order chi connectivity index (χ0) is 14.9. The number of hydrogen-bond donors (Lipinski definition) is 1. The first-order valence-electron chi connectivity index (χ1n) is 6.27. The zero-order valence-corrected chi connectivity index (χ0v) is 11.0. The summed E-state index contributed by atoms with van der Waals surface area (Å²) in [5.74, 6) is -1.72. The first-order valence-corrected chi connectivity index (χ1v) is 6.27. The lowest BCUT2D eigenvalue weighted by Gasteiger charge is -2.32. The highest BCUT2D eigenvalue weighted by Crippen LogP contribution is 2.22. The highest BCUT2D eigenvalue weighted by Gasteiger charge is 2.35. The number of carboxylic acids is 1. The lowest BCUT2D eigenvalue weighted by molar-refractivity contribution is -0.391. The Hall–Kier alpha value is -2.38. The number of likely N-dealkylation sites (tertiary alicyclic amines) is 1. The van der Waals surface area contributed by atoms with Gasteiger partial charge in [0.15, 0.2) is 5.69 Å². The molecule has 1 amide bonds. The third-order valence-electron chi connectivity index (χ3n) is 3.55. The Labute approximate surface area is 114 Å². The summed E-state index contributed by atoms with van der Waals surface area (Å²) in [6.45, 7) is 0.356. The average Bonchev–Trinajstić information content (AvgIpc) is 2.79. The Balaban J connectivity index is 2.30. The molecule has 1 fully saturated rings. The quantitative estimate of drug-likeness (QED) is 0.657. The summed E-state index contributed by atoms with van der Waals surface area (Å²) >= 11 is 0. The summed E-state index contributed by atoms with van der Waals surface area (Å²) < 4.78 is 1.18. The number of aliphatic carboxylic acids is 1. The molecule has 108 valence electrons. The van der Waals surface area contributed by atoms with Gasteiger partial charge in [0.2, 0.25) is 0 Å². The second kappa shape index (κ2) is 5.32. The maximum absolute atomic E-state index is 12.4. The zero-order valence-electron chi connectivity index (χ0n) is 11.0. The number of hydrogen-bond acceptors (Lipinski definition) is 4. The Bertz CT molecular complexity index is 565. The topological polar surface area (TPSA) is 106 Å². The van der Waals surface area contributed by atoms with Crippen LogP contribution in [-0.2, 0) is 11.8 Å². The van der Waals surface area contributed by atoms with Crippen LogP contribution in [0.4, 0.5) is 5.82 Å². The second-order valence-corrected chi connectivity index (χ2v) is 4.74. The van der Waals surface area contributed by atoms with Crippen LogP contribution in [0.1, 0.15) is 29.8 Å². The van der Waals surface area contributed by atoms with E-state index in [2.05, 4.69) is 0 Å². The fourth-order valence-electron chi connectivity index (χ4n) is 2.48. The van der Waals surface area contributed by atoms with E-state index >= 15 is 0 Å². The molecule has 0 spiro atoms. The average molecular weight is 281 g/mol. The molecule has 0 saturated carbocycles. The van der Waals surface area contributed by atoms with E-state index < -0.39 is 22.8 Å². The molecule has 0 unspecified atom stereocenters. The van der Waals surface area contributed by atoms with Crippen LogP contribution in [0.3, 0.4) is 0 Å². The molecule has 1 atom stereocenters. The molecule has 8 nitrogen and oxygen atoms in total. The molecular formula is C12H15N3O5. The maximum atomic E-state index is 12.4. The van der Waals surface area contributed by atoms with Gasteiger partial charge in [-0.05, 0) is 30.3 Å². The summed E-state index contributed by atoms with van der Waals surface area (Å²) in [6.07, 6.45) is 1.91. The van der Waals surface area contributed by atoms with Crippen molar-refractivity contribution in [3.8, 4) is 0 Å². The monoisotopic (exact) mass is 281 g/mol. The van der Waals surface area contributed by atoms with Crippen molar-refractivity contribution in [3.05, 3.63) is 27.9 Å². The minimum Gasteiger partial charge on any atom is -0.480 e. The number of nitro groups is 1. The number of amides is 1. The van der Waals surface area contributed by atoms with Crippen molar-refractivity contribution in [2.45, 2.75) is 25.3 Å². The van der Waals surface area contributed by atoms with Crippen molar-refractivity contribution in [1.29, 1.82) is 0 Å². The van der Waals surface area contributed by atoms with Gasteiger partial charge in [-0.25, -0.2) is 9.36 Å². The predicted octanol–water partition coefficient (Wildman–Crippen LogP) is 1.01. The summed E-state index contributed by atoms with van der Waals surface area (Å²) in [5, 5.41) is 19.9. The molecule has 0 radical (unpaired) electrons. The van der Waals surface area contributed by atoms with E-state index in [0.717, 1.165) is 12.8 Å². The van der Waals surface area contributed by atoms with E-state index in [-0.39, 0.29) is 11.5 Å². The number of rotatable bonds is 3. The van der Waals surface area contributed by atoms with Crippen molar-refractivity contribution in [3.63, 3.8) is 0 Å². The van der Waals surface area contributed by atoms with Crippen LogP contribution in [0.25, 0.3) is 0 Å². The standard InChI is InChI=1S/C12H15N3O5/c1-13-8(5-6-10(13)15(19)20)11(16)14-7-3-2-4-9(14)12(17)18/h5-6,9H,2-4,7H2,1H3,(H,17,18)/t9-/m0/s1. The highest BCUT2D eigenvalue weighted by atomic mass is 16.6. The fraction of sp³-hybridized carbons (Fsp3) is 0.500. The van der Waals surface area contributed by atoms with Crippen LogP contribution in [-0.4, -0.2) is 44.0 Å². The van der Waals surface area contributed by atoms with Crippen molar-refractivity contribution in [2.24, 2.45) is 7.05 Å². The van der Waals surface area contributed by atoms with E-state index in [1.54, 1.807) is 0 Å². The molecule has 2 rings (SSSR count). The largest absolute Gasteiger partial charge is 0.480 e.